The maximum atomic E-state index is 10.8. The molecular formula is C12H16N2O5. The van der Waals surface area contributed by atoms with Gasteiger partial charge in [0.05, 0.1) is 18.0 Å². The summed E-state index contributed by atoms with van der Waals surface area (Å²) < 4.78 is 5.20. The van der Waals surface area contributed by atoms with Gasteiger partial charge in [0.1, 0.15) is 0 Å². The van der Waals surface area contributed by atoms with Crippen molar-refractivity contribution < 1.29 is 19.6 Å². The van der Waals surface area contributed by atoms with Crippen LogP contribution in [0, 0.1) is 10.1 Å². The summed E-state index contributed by atoms with van der Waals surface area (Å²) in [4.78, 5) is 20.8. The van der Waals surface area contributed by atoms with Gasteiger partial charge < -0.3 is 15.2 Å². The van der Waals surface area contributed by atoms with Crippen LogP contribution in [0.5, 0.6) is 5.75 Å². The molecule has 7 nitrogen and oxygen atoms in total. The van der Waals surface area contributed by atoms with E-state index in [0.717, 1.165) is 0 Å². The average molecular weight is 268 g/mol. The largest absolute Gasteiger partial charge is 0.487 e. The van der Waals surface area contributed by atoms with Gasteiger partial charge in [0, 0.05) is 23.9 Å². The van der Waals surface area contributed by atoms with Gasteiger partial charge in [-0.2, -0.15) is 0 Å². The average Bonchev–Trinajstić information content (AvgIpc) is 2.27. The van der Waals surface area contributed by atoms with Crippen LogP contribution in [0.1, 0.15) is 20.3 Å². The highest BCUT2D eigenvalue weighted by atomic mass is 16.6. The third-order valence-corrected chi connectivity index (χ3v) is 2.35. The van der Waals surface area contributed by atoms with E-state index in [2.05, 4.69) is 5.32 Å². The topological polar surface area (TPSA) is 102 Å². The third-order valence-electron chi connectivity index (χ3n) is 2.35. The Morgan fingerprint density at radius 2 is 2.26 bits per heavy atom. The van der Waals surface area contributed by atoms with Gasteiger partial charge in [-0.15, -0.1) is 0 Å². The number of carbonyl (C=O) groups is 1. The number of hydrogen-bond donors (Lipinski definition) is 2. The number of nitrogens with one attached hydrogen (secondary N) is 1. The summed E-state index contributed by atoms with van der Waals surface area (Å²) in [7, 11) is 0. The number of hydrogen-bond acceptors (Lipinski definition) is 5. The molecule has 1 aromatic carbocycles. The predicted octanol–water partition coefficient (Wildman–Crippen LogP) is 2.27. The first-order chi connectivity index (χ1) is 8.93. The van der Waals surface area contributed by atoms with E-state index in [4.69, 9.17) is 9.84 Å². The highest BCUT2D eigenvalue weighted by molar-refractivity contribution is 5.68. The molecule has 2 N–H and O–H groups in total. The molecule has 0 bridgehead atoms. The normalized spacial score (nSPS) is 11.7. The molecule has 0 saturated carbocycles. The standard InChI is InChI=1S/C12H16N2O5/c1-3-19-11-7-9(4-5-10(11)14(17)18)13-8(2)6-12(15)16/h4-5,7-8,13H,3,6H2,1-2H3,(H,15,16). The Labute approximate surface area is 110 Å². The van der Waals surface area contributed by atoms with E-state index in [9.17, 15) is 14.9 Å². The summed E-state index contributed by atoms with van der Waals surface area (Å²) >= 11 is 0. The number of carboxylic acids is 1. The fourth-order valence-electron chi connectivity index (χ4n) is 1.62. The summed E-state index contributed by atoms with van der Waals surface area (Å²) in [6.07, 6.45) is -0.0407. The maximum Gasteiger partial charge on any atom is 0.311 e. The molecule has 1 unspecified atom stereocenters. The van der Waals surface area contributed by atoms with E-state index in [1.165, 1.54) is 18.2 Å². The van der Waals surface area contributed by atoms with Crippen LogP contribution in [0.25, 0.3) is 0 Å². The molecule has 7 heteroatoms. The van der Waals surface area contributed by atoms with Gasteiger partial charge in [-0.05, 0) is 19.9 Å². The van der Waals surface area contributed by atoms with Crippen LogP contribution in [0.4, 0.5) is 11.4 Å². The van der Waals surface area contributed by atoms with Gasteiger partial charge in [-0.3, -0.25) is 14.9 Å². The fraction of sp³-hybridized carbons (Fsp3) is 0.417. The van der Waals surface area contributed by atoms with E-state index in [1.54, 1.807) is 13.8 Å². The Kier molecular flexibility index (Phi) is 5.11. The number of carboxylic acid groups (broad SMARTS) is 1. The van der Waals surface area contributed by atoms with Gasteiger partial charge in [0.15, 0.2) is 5.75 Å². The van der Waals surface area contributed by atoms with Crippen molar-refractivity contribution in [2.75, 3.05) is 11.9 Å². The Balaban J connectivity index is 2.88. The van der Waals surface area contributed by atoms with E-state index < -0.39 is 10.9 Å². The highest BCUT2D eigenvalue weighted by Crippen LogP contribution is 2.30. The molecule has 0 heterocycles. The Hall–Kier alpha value is -2.31. The number of aliphatic carboxylic acids is 1. The number of nitro benzene ring substituents is 1. The smallest absolute Gasteiger partial charge is 0.311 e. The minimum Gasteiger partial charge on any atom is -0.487 e. The monoisotopic (exact) mass is 268 g/mol. The van der Waals surface area contributed by atoms with Crippen LogP contribution in [0.2, 0.25) is 0 Å². The number of anilines is 1. The zero-order valence-corrected chi connectivity index (χ0v) is 10.8. The minimum absolute atomic E-state index is 0.0407. The quantitative estimate of drug-likeness (QED) is 0.581. The zero-order chi connectivity index (χ0) is 14.4. The second-order valence-electron chi connectivity index (χ2n) is 4.02. The van der Waals surface area contributed by atoms with Crippen molar-refractivity contribution in [3.05, 3.63) is 28.3 Å². The van der Waals surface area contributed by atoms with Crippen LogP contribution in [0.15, 0.2) is 18.2 Å². The molecule has 0 spiro atoms. The lowest BCUT2D eigenvalue weighted by Crippen LogP contribution is -2.19. The van der Waals surface area contributed by atoms with Crippen molar-refractivity contribution in [3.63, 3.8) is 0 Å². The molecule has 1 aromatic rings. The van der Waals surface area contributed by atoms with E-state index in [1.807, 2.05) is 0 Å². The SMILES string of the molecule is CCOc1cc(NC(C)CC(=O)O)ccc1[N+](=O)[O-]. The Morgan fingerprint density at radius 1 is 1.58 bits per heavy atom. The predicted molar refractivity (Wildman–Crippen MR) is 69.6 cm³/mol. The van der Waals surface area contributed by atoms with Crippen LogP contribution in [0.3, 0.4) is 0 Å². The van der Waals surface area contributed by atoms with Gasteiger partial charge in [-0.25, -0.2) is 0 Å². The maximum absolute atomic E-state index is 10.8. The van der Waals surface area contributed by atoms with Gasteiger partial charge in [-0.1, -0.05) is 0 Å². The number of ether oxygens (including phenoxy) is 1. The van der Waals surface area contributed by atoms with Crippen molar-refractivity contribution in [2.45, 2.75) is 26.3 Å². The van der Waals surface area contributed by atoms with Crippen molar-refractivity contribution in [1.82, 2.24) is 0 Å². The molecular weight excluding hydrogens is 252 g/mol. The summed E-state index contributed by atoms with van der Waals surface area (Å²) in [5.41, 5.74) is 0.473. The molecule has 0 saturated heterocycles. The summed E-state index contributed by atoms with van der Waals surface area (Å²) in [5.74, 6) is -0.744. The van der Waals surface area contributed by atoms with Crippen LogP contribution in [-0.2, 0) is 4.79 Å². The molecule has 0 amide bonds. The molecule has 1 atom stereocenters. The third kappa shape index (κ3) is 4.46. The first-order valence-electron chi connectivity index (χ1n) is 5.83. The van der Waals surface area contributed by atoms with Crippen LogP contribution < -0.4 is 10.1 Å². The summed E-state index contributed by atoms with van der Waals surface area (Å²) in [6, 6.07) is 4.08. The van der Waals surface area contributed by atoms with E-state index in [-0.39, 0.29) is 23.9 Å². The molecule has 0 aliphatic rings. The lowest BCUT2D eigenvalue weighted by molar-refractivity contribution is -0.385. The van der Waals surface area contributed by atoms with Crippen molar-refractivity contribution in [3.8, 4) is 5.75 Å². The van der Waals surface area contributed by atoms with E-state index in [0.29, 0.717) is 12.3 Å². The second-order valence-corrected chi connectivity index (χ2v) is 4.02. The summed E-state index contributed by atoms with van der Waals surface area (Å²) in [6.45, 7) is 3.77. The van der Waals surface area contributed by atoms with Crippen LogP contribution >= 0.6 is 0 Å². The molecule has 0 aliphatic carbocycles. The number of benzene rings is 1. The Bertz CT molecular complexity index is 475. The van der Waals surface area contributed by atoms with Crippen molar-refractivity contribution in [2.24, 2.45) is 0 Å². The molecule has 0 aliphatic heterocycles. The lowest BCUT2D eigenvalue weighted by Gasteiger charge is -2.14. The van der Waals surface area contributed by atoms with E-state index >= 15 is 0 Å². The van der Waals surface area contributed by atoms with Gasteiger partial charge >= 0.3 is 11.7 Å². The Morgan fingerprint density at radius 3 is 2.79 bits per heavy atom. The lowest BCUT2D eigenvalue weighted by atomic mass is 10.2. The van der Waals surface area contributed by atoms with Gasteiger partial charge in [0.2, 0.25) is 0 Å². The molecule has 0 radical (unpaired) electrons. The molecule has 1 rings (SSSR count). The van der Waals surface area contributed by atoms with Crippen LogP contribution in [-0.4, -0.2) is 28.6 Å². The molecule has 0 aromatic heterocycles. The molecule has 104 valence electrons. The van der Waals surface area contributed by atoms with Gasteiger partial charge in [0.25, 0.3) is 0 Å². The first kappa shape index (κ1) is 14.7. The number of rotatable bonds is 7. The fourth-order valence-corrected chi connectivity index (χ4v) is 1.62. The van der Waals surface area contributed by atoms with Crippen molar-refractivity contribution >= 4 is 17.3 Å². The molecule has 0 fully saturated rings. The highest BCUT2D eigenvalue weighted by Gasteiger charge is 2.16. The zero-order valence-electron chi connectivity index (χ0n) is 10.8. The first-order valence-corrected chi connectivity index (χ1v) is 5.83. The minimum atomic E-state index is -0.910. The van der Waals surface area contributed by atoms with Crippen molar-refractivity contribution in [1.29, 1.82) is 0 Å². The number of nitrogens with zero attached hydrogens (tertiary/aromatic N) is 1. The second kappa shape index (κ2) is 6.58. The summed E-state index contributed by atoms with van der Waals surface area (Å²) in [5, 5.41) is 22.4. The number of nitro groups is 1. The molecule has 19 heavy (non-hydrogen) atoms.